The van der Waals surface area contributed by atoms with Crippen LogP contribution in [0, 0.1) is 0 Å². The molecule has 4 rings (SSSR count). The lowest BCUT2D eigenvalue weighted by atomic mass is 9.99. The van der Waals surface area contributed by atoms with Crippen molar-refractivity contribution in [1.82, 2.24) is 15.2 Å². The van der Waals surface area contributed by atoms with Gasteiger partial charge < -0.3 is 30.1 Å². The van der Waals surface area contributed by atoms with Crippen molar-refractivity contribution in [3.63, 3.8) is 0 Å². The number of likely N-dealkylation sites (N-methyl/N-ethyl adjacent to an activating group) is 1. The van der Waals surface area contributed by atoms with Crippen LogP contribution in [0.15, 0.2) is 72.9 Å². The third-order valence-corrected chi connectivity index (χ3v) is 6.36. The zero-order valence-corrected chi connectivity index (χ0v) is 21.5. The van der Waals surface area contributed by atoms with Crippen LogP contribution in [-0.2, 0) is 22.5 Å². The van der Waals surface area contributed by atoms with Crippen molar-refractivity contribution in [3.8, 4) is 0 Å². The van der Waals surface area contributed by atoms with Gasteiger partial charge in [-0.3, -0.25) is 4.98 Å². The van der Waals surface area contributed by atoms with Gasteiger partial charge in [-0.15, -0.1) is 0 Å². The first-order valence-corrected chi connectivity index (χ1v) is 12.8. The van der Waals surface area contributed by atoms with Gasteiger partial charge in [-0.2, -0.15) is 0 Å². The highest BCUT2D eigenvalue weighted by Crippen LogP contribution is 2.38. The summed E-state index contributed by atoms with van der Waals surface area (Å²) in [6, 6.07) is 21.2. The highest BCUT2D eigenvalue weighted by atomic mass is 16.7. The van der Waals surface area contributed by atoms with Crippen molar-refractivity contribution in [1.29, 1.82) is 0 Å². The van der Waals surface area contributed by atoms with E-state index in [4.69, 9.17) is 9.47 Å². The first-order valence-electron chi connectivity index (χ1n) is 12.8. The number of aliphatic hydroxyl groups excluding tert-OH is 1. The predicted molar refractivity (Wildman–Crippen MR) is 143 cm³/mol. The van der Waals surface area contributed by atoms with Crippen molar-refractivity contribution in [2.45, 2.75) is 44.9 Å². The summed E-state index contributed by atoms with van der Waals surface area (Å²) in [5.41, 5.74) is 4.49. The molecule has 3 N–H and O–H groups in total. The van der Waals surface area contributed by atoms with E-state index in [1.165, 1.54) is 0 Å². The highest BCUT2D eigenvalue weighted by molar-refractivity contribution is 5.89. The summed E-state index contributed by atoms with van der Waals surface area (Å²) in [5, 5.41) is 15.0. The Hall–Kier alpha value is -3.30. The van der Waals surface area contributed by atoms with E-state index in [-0.39, 0.29) is 24.8 Å². The quantitative estimate of drug-likeness (QED) is 0.378. The SMILES string of the molecule is CCNC(=O)Nc1cccc([C@H]2O[C@@H](CN(C)CCc3ccccn3)C[C@@H](c3ccc(CO)cc3)O2)c1. The largest absolute Gasteiger partial charge is 0.392 e. The summed E-state index contributed by atoms with van der Waals surface area (Å²) in [4.78, 5) is 18.7. The second-order valence-corrected chi connectivity index (χ2v) is 9.29. The molecule has 2 aromatic carbocycles. The molecule has 8 nitrogen and oxygen atoms in total. The number of amides is 2. The van der Waals surface area contributed by atoms with E-state index in [1.807, 2.05) is 79.9 Å². The topological polar surface area (TPSA) is 96.0 Å². The molecule has 0 aliphatic carbocycles. The van der Waals surface area contributed by atoms with Crippen LogP contribution in [-0.4, -0.2) is 53.8 Å². The number of anilines is 1. The van der Waals surface area contributed by atoms with Crippen LogP contribution < -0.4 is 10.6 Å². The van der Waals surface area contributed by atoms with Crippen LogP contribution in [0.1, 0.15) is 48.1 Å². The van der Waals surface area contributed by atoms with Gasteiger partial charge >= 0.3 is 6.03 Å². The van der Waals surface area contributed by atoms with Gasteiger partial charge in [0.05, 0.1) is 18.8 Å². The van der Waals surface area contributed by atoms with Crippen LogP contribution in [0.4, 0.5) is 10.5 Å². The van der Waals surface area contributed by atoms with Crippen molar-refractivity contribution < 1.29 is 19.4 Å². The van der Waals surface area contributed by atoms with E-state index in [2.05, 4.69) is 27.6 Å². The Morgan fingerprint density at radius 3 is 2.65 bits per heavy atom. The van der Waals surface area contributed by atoms with E-state index in [0.717, 1.165) is 41.9 Å². The molecule has 196 valence electrons. The number of hydrogen-bond donors (Lipinski definition) is 3. The minimum Gasteiger partial charge on any atom is -0.392 e. The lowest BCUT2D eigenvalue weighted by Gasteiger charge is -2.38. The van der Waals surface area contributed by atoms with Gasteiger partial charge in [0.25, 0.3) is 0 Å². The Balaban J connectivity index is 1.48. The Morgan fingerprint density at radius 2 is 1.92 bits per heavy atom. The zero-order chi connectivity index (χ0) is 26.0. The van der Waals surface area contributed by atoms with Gasteiger partial charge in [-0.05, 0) is 49.4 Å². The van der Waals surface area contributed by atoms with E-state index < -0.39 is 6.29 Å². The summed E-state index contributed by atoms with van der Waals surface area (Å²) < 4.78 is 12.9. The number of nitrogens with zero attached hydrogens (tertiary/aromatic N) is 2. The third-order valence-electron chi connectivity index (χ3n) is 6.36. The molecule has 0 unspecified atom stereocenters. The normalized spacial score (nSPS) is 19.5. The van der Waals surface area contributed by atoms with E-state index in [9.17, 15) is 9.90 Å². The number of pyridine rings is 1. The van der Waals surface area contributed by atoms with Gasteiger partial charge in [-0.25, -0.2) is 4.79 Å². The fourth-order valence-corrected chi connectivity index (χ4v) is 4.42. The molecule has 1 aromatic heterocycles. The number of urea groups is 1. The number of hydrogen-bond acceptors (Lipinski definition) is 6. The van der Waals surface area contributed by atoms with Crippen molar-refractivity contribution in [2.24, 2.45) is 0 Å². The number of nitrogens with one attached hydrogen (secondary N) is 2. The highest BCUT2D eigenvalue weighted by Gasteiger charge is 2.33. The Kier molecular flexibility index (Phi) is 9.62. The molecule has 3 atom stereocenters. The average molecular weight is 505 g/mol. The molecule has 0 radical (unpaired) electrons. The molecule has 37 heavy (non-hydrogen) atoms. The lowest BCUT2D eigenvalue weighted by molar-refractivity contribution is -0.252. The summed E-state index contributed by atoms with van der Waals surface area (Å²) in [6.45, 7) is 4.04. The molecule has 2 heterocycles. The van der Waals surface area contributed by atoms with Crippen LogP contribution >= 0.6 is 0 Å². The van der Waals surface area contributed by atoms with Gasteiger partial charge in [-0.1, -0.05) is 42.5 Å². The Bertz CT molecular complexity index is 1130. The maximum atomic E-state index is 12.0. The number of aromatic nitrogens is 1. The molecule has 1 aliphatic rings. The summed E-state index contributed by atoms with van der Waals surface area (Å²) in [7, 11) is 2.10. The van der Waals surface area contributed by atoms with Crippen molar-refractivity contribution in [3.05, 3.63) is 95.3 Å². The van der Waals surface area contributed by atoms with Gasteiger partial charge in [0.1, 0.15) is 0 Å². The van der Waals surface area contributed by atoms with E-state index >= 15 is 0 Å². The predicted octanol–water partition coefficient (Wildman–Crippen LogP) is 4.44. The third kappa shape index (κ3) is 7.84. The summed E-state index contributed by atoms with van der Waals surface area (Å²) in [6.07, 6.45) is 2.59. The first kappa shape index (κ1) is 26.8. The number of rotatable bonds is 10. The molecular formula is C29H36N4O4. The van der Waals surface area contributed by atoms with Crippen LogP contribution in [0.2, 0.25) is 0 Å². The van der Waals surface area contributed by atoms with E-state index in [1.54, 1.807) is 0 Å². The maximum absolute atomic E-state index is 12.0. The molecule has 0 spiro atoms. The molecule has 0 saturated carbocycles. The molecule has 0 bridgehead atoms. The second-order valence-electron chi connectivity index (χ2n) is 9.29. The van der Waals surface area contributed by atoms with Crippen molar-refractivity contribution >= 4 is 11.7 Å². The maximum Gasteiger partial charge on any atom is 0.319 e. The van der Waals surface area contributed by atoms with Gasteiger partial charge in [0.15, 0.2) is 6.29 Å². The van der Waals surface area contributed by atoms with Gasteiger partial charge in [0.2, 0.25) is 0 Å². The smallest absolute Gasteiger partial charge is 0.319 e. The average Bonchev–Trinajstić information content (AvgIpc) is 2.92. The van der Waals surface area contributed by atoms with Crippen LogP contribution in [0.25, 0.3) is 0 Å². The van der Waals surface area contributed by atoms with Crippen LogP contribution in [0.3, 0.4) is 0 Å². The molecule has 3 aromatic rings. The number of ether oxygens (including phenoxy) is 2. The number of aliphatic hydroxyl groups is 1. The lowest BCUT2D eigenvalue weighted by Crippen LogP contribution is -2.38. The fourth-order valence-electron chi connectivity index (χ4n) is 4.42. The number of carbonyl (C=O) groups is 1. The Labute approximate surface area is 218 Å². The minimum absolute atomic E-state index is 0.00658. The Morgan fingerprint density at radius 1 is 1.08 bits per heavy atom. The van der Waals surface area contributed by atoms with Gasteiger partial charge in [0, 0.05) is 55.6 Å². The van der Waals surface area contributed by atoms with Crippen LogP contribution in [0.5, 0.6) is 0 Å². The molecule has 1 aliphatic heterocycles. The van der Waals surface area contributed by atoms with E-state index in [0.29, 0.717) is 18.7 Å². The molecule has 1 fully saturated rings. The van der Waals surface area contributed by atoms with Crippen molar-refractivity contribution in [2.75, 3.05) is 32.0 Å². The fraction of sp³-hybridized carbons (Fsp3) is 0.379. The molecular weight excluding hydrogens is 468 g/mol. The minimum atomic E-state index is -0.582. The summed E-state index contributed by atoms with van der Waals surface area (Å²) >= 11 is 0. The standard InChI is InChI=1S/C29H36N4O4/c1-3-30-29(35)32-25-9-6-7-23(17-25)28-36-26(19-33(2)16-14-24-8-4-5-15-31-24)18-27(37-28)22-12-10-21(20-34)11-13-22/h4-13,15,17,26-28,34H,3,14,16,18-20H2,1-2H3,(H2,30,32,35)/t26-,27+,28+/m1/s1. The molecule has 2 amide bonds. The monoisotopic (exact) mass is 504 g/mol. The molecule has 8 heteroatoms. The molecule has 1 saturated heterocycles. The second kappa shape index (κ2) is 13.3. The first-order chi connectivity index (χ1) is 18.0. The number of carbonyl (C=O) groups excluding carboxylic acids is 1. The summed E-state index contributed by atoms with van der Waals surface area (Å²) in [5.74, 6) is 0. The zero-order valence-electron chi connectivity index (χ0n) is 21.5. The number of benzene rings is 2.